The Labute approximate surface area is 122 Å². The van der Waals surface area contributed by atoms with E-state index in [1.807, 2.05) is 30.3 Å². The van der Waals surface area contributed by atoms with Gasteiger partial charge in [-0.2, -0.15) is 4.98 Å². The summed E-state index contributed by atoms with van der Waals surface area (Å²) in [6, 6.07) is 9.69. The van der Waals surface area contributed by atoms with Crippen LogP contribution in [0.25, 0.3) is 0 Å². The SMILES string of the molecule is COC(=O)COc1nc(C)ncc1OCc1ccccc1. The third kappa shape index (κ3) is 4.45. The second-order valence-corrected chi connectivity index (χ2v) is 4.23. The summed E-state index contributed by atoms with van der Waals surface area (Å²) in [5.41, 5.74) is 1.01. The van der Waals surface area contributed by atoms with E-state index in [-0.39, 0.29) is 12.5 Å². The number of hydrogen-bond donors (Lipinski definition) is 0. The van der Waals surface area contributed by atoms with Gasteiger partial charge in [0.15, 0.2) is 12.4 Å². The lowest BCUT2D eigenvalue weighted by Crippen LogP contribution is -2.14. The monoisotopic (exact) mass is 288 g/mol. The van der Waals surface area contributed by atoms with E-state index in [4.69, 9.17) is 9.47 Å². The largest absolute Gasteiger partial charge is 0.482 e. The minimum atomic E-state index is -0.486. The van der Waals surface area contributed by atoms with Crippen molar-refractivity contribution in [2.75, 3.05) is 13.7 Å². The number of nitrogens with zero attached hydrogens (tertiary/aromatic N) is 2. The first kappa shape index (κ1) is 14.8. The molecule has 0 bridgehead atoms. The number of esters is 1. The first-order valence-electron chi connectivity index (χ1n) is 6.39. The maximum absolute atomic E-state index is 11.1. The molecule has 1 heterocycles. The minimum Gasteiger partial charge on any atom is -0.482 e. The molecule has 6 heteroatoms. The molecular formula is C15H16N2O4. The van der Waals surface area contributed by atoms with Crippen molar-refractivity contribution in [3.63, 3.8) is 0 Å². The lowest BCUT2D eigenvalue weighted by molar-refractivity contribution is -0.143. The zero-order valence-electron chi connectivity index (χ0n) is 11.9. The van der Waals surface area contributed by atoms with E-state index in [0.29, 0.717) is 18.2 Å². The Morgan fingerprint density at radius 1 is 1.19 bits per heavy atom. The first-order chi connectivity index (χ1) is 10.2. The molecule has 110 valence electrons. The summed E-state index contributed by atoms with van der Waals surface area (Å²) >= 11 is 0. The average molecular weight is 288 g/mol. The molecule has 2 rings (SSSR count). The van der Waals surface area contributed by atoms with E-state index in [1.165, 1.54) is 13.3 Å². The number of ether oxygens (including phenoxy) is 3. The maximum atomic E-state index is 11.1. The van der Waals surface area contributed by atoms with Crippen LogP contribution < -0.4 is 9.47 Å². The van der Waals surface area contributed by atoms with Crippen molar-refractivity contribution in [2.24, 2.45) is 0 Å². The van der Waals surface area contributed by atoms with Crippen molar-refractivity contribution in [1.82, 2.24) is 9.97 Å². The smallest absolute Gasteiger partial charge is 0.343 e. The number of aryl methyl sites for hydroxylation is 1. The molecule has 0 saturated carbocycles. The van der Waals surface area contributed by atoms with Gasteiger partial charge >= 0.3 is 5.97 Å². The van der Waals surface area contributed by atoms with Crippen LogP contribution in [0.4, 0.5) is 0 Å². The summed E-state index contributed by atoms with van der Waals surface area (Å²) in [5.74, 6) is 0.652. The highest BCUT2D eigenvalue weighted by molar-refractivity contribution is 5.70. The number of carbonyl (C=O) groups is 1. The molecule has 0 aliphatic heterocycles. The highest BCUT2D eigenvalue weighted by atomic mass is 16.6. The highest BCUT2D eigenvalue weighted by Crippen LogP contribution is 2.24. The number of methoxy groups -OCH3 is 1. The van der Waals surface area contributed by atoms with Crippen LogP contribution in [0.1, 0.15) is 11.4 Å². The summed E-state index contributed by atoms with van der Waals surface area (Å²) < 4.78 is 15.5. The topological polar surface area (TPSA) is 70.5 Å². The van der Waals surface area contributed by atoms with E-state index in [1.54, 1.807) is 6.92 Å². The normalized spacial score (nSPS) is 10.0. The third-order valence-corrected chi connectivity index (χ3v) is 2.63. The van der Waals surface area contributed by atoms with Crippen LogP contribution in [0.5, 0.6) is 11.6 Å². The summed E-state index contributed by atoms with van der Waals surface area (Å²) in [6.45, 7) is 1.86. The van der Waals surface area contributed by atoms with Gasteiger partial charge in [-0.05, 0) is 12.5 Å². The van der Waals surface area contributed by atoms with Crippen molar-refractivity contribution < 1.29 is 19.0 Å². The molecule has 0 spiro atoms. The summed E-state index contributed by atoms with van der Waals surface area (Å²) in [6.07, 6.45) is 1.53. The van der Waals surface area contributed by atoms with Crippen LogP contribution in [0.2, 0.25) is 0 Å². The average Bonchev–Trinajstić information content (AvgIpc) is 2.52. The summed E-state index contributed by atoms with van der Waals surface area (Å²) in [4.78, 5) is 19.3. The van der Waals surface area contributed by atoms with Gasteiger partial charge in [-0.15, -0.1) is 0 Å². The van der Waals surface area contributed by atoms with Gasteiger partial charge in [-0.25, -0.2) is 9.78 Å². The Hall–Kier alpha value is -2.63. The summed E-state index contributed by atoms with van der Waals surface area (Å²) in [5, 5.41) is 0. The van der Waals surface area contributed by atoms with E-state index in [0.717, 1.165) is 5.56 Å². The zero-order valence-corrected chi connectivity index (χ0v) is 11.9. The van der Waals surface area contributed by atoms with E-state index < -0.39 is 5.97 Å². The molecule has 21 heavy (non-hydrogen) atoms. The van der Waals surface area contributed by atoms with Gasteiger partial charge in [0.2, 0.25) is 0 Å². The number of benzene rings is 1. The molecule has 0 N–H and O–H groups in total. The van der Waals surface area contributed by atoms with Crippen LogP contribution in [-0.2, 0) is 16.1 Å². The van der Waals surface area contributed by atoms with E-state index >= 15 is 0 Å². The molecular weight excluding hydrogens is 272 g/mol. The second-order valence-electron chi connectivity index (χ2n) is 4.23. The molecule has 0 aliphatic rings. The Kier molecular flexibility index (Phi) is 5.09. The van der Waals surface area contributed by atoms with Gasteiger partial charge in [0.25, 0.3) is 5.88 Å². The molecule has 0 amide bonds. The molecule has 0 atom stereocenters. The molecule has 0 fully saturated rings. The van der Waals surface area contributed by atoms with Crippen LogP contribution in [0.15, 0.2) is 36.5 Å². The Morgan fingerprint density at radius 2 is 1.95 bits per heavy atom. The Morgan fingerprint density at radius 3 is 2.67 bits per heavy atom. The van der Waals surface area contributed by atoms with Gasteiger partial charge in [0, 0.05) is 0 Å². The van der Waals surface area contributed by atoms with Gasteiger partial charge in [-0.3, -0.25) is 0 Å². The lowest BCUT2D eigenvalue weighted by Gasteiger charge is -2.11. The highest BCUT2D eigenvalue weighted by Gasteiger charge is 2.11. The van der Waals surface area contributed by atoms with Crippen molar-refractivity contribution in [3.8, 4) is 11.6 Å². The molecule has 1 aromatic carbocycles. The maximum Gasteiger partial charge on any atom is 0.343 e. The Balaban J connectivity index is 2.05. The third-order valence-electron chi connectivity index (χ3n) is 2.63. The van der Waals surface area contributed by atoms with Crippen LogP contribution >= 0.6 is 0 Å². The fourth-order valence-corrected chi connectivity index (χ4v) is 1.56. The zero-order chi connectivity index (χ0) is 15.1. The predicted molar refractivity (Wildman–Crippen MR) is 75.1 cm³/mol. The van der Waals surface area contributed by atoms with Crippen LogP contribution in [0, 0.1) is 6.92 Å². The van der Waals surface area contributed by atoms with E-state index in [2.05, 4.69) is 14.7 Å². The first-order valence-corrected chi connectivity index (χ1v) is 6.39. The molecule has 1 aromatic heterocycles. The van der Waals surface area contributed by atoms with E-state index in [9.17, 15) is 4.79 Å². The molecule has 0 unspecified atom stereocenters. The Bertz CT molecular complexity index is 602. The molecule has 6 nitrogen and oxygen atoms in total. The van der Waals surface area contributed by atoms with Crippen molar-refractivity contribution in [1.29, 1.82) is 0 Å². The van der Waals surface area contributed by atoms with Crippen molar-refractivity contribution >= 4 is 5.97 Å². The number of carbonyl (C=O) groups excluding carboxylic acids is 1. The van der Waals surface area contributed by atoms with Gasteiger partial charge in [0.1, 0.15) is 12.4 Å². The second kappa shape index (κ2) is 7.23. The number of aromatic nitrogens is 2. The lowest BCUT2D eigenvalue weighted by atomic mass is 10.2. The summed E-state index contributed by atoms with van der Waals surface area (Å²) in [7, 11) is 1.30. The fourth-order valence-electron chi connectivity index (χ4n) is 1.56. The minimum absolute atomic E-state index is 0.226. The van der Waals surface area contributed by atoms with Gasteiger partial charge < -0.3 is 14.2 Å². The van der Waals surface area contributed by atoms with Gasteiger partial charge in [-0.1, -0.05) is 30.3 Å². The molecule has 0 saturated heterocycles. The molecule has 0 aliphatic carbocycles. The molecule has 0 radical (unpaired) electrons. The van der Waals surface area contributed by atoms with Crippen molar-refractivity contribution in [3.05, 3.63) is 47.9 Å². The predicted octanol–water partition coefficient (Wildman–Crippen LogP) is 1.92. The number of rotatable bonds is 6. The van der Waals surface area contributed by atoms with Crippen LogP contribution in [-0.4, -0.2) is 29.7 Å². The fraction of sp³-hybridized carbons (Fsp3) is 0.267. The van der Waals surface area contributed by atoms with Gasteiger partial charge in [0.05, 0.1) is 13.3 Å². The van der Waals surface area contributed by atoms with Crippen molar-refractivity contribution in [2.45, 2.75) is 13.5 Å². The van der Waals surface area contributed by atoms with Crippen LogP contribution in [0.3, 0.4) is 0 Å². The molecule has 2 aromatic rings. The standard InChI is InChI=1S/C15H16N2O4/c1-11-16-8-13(15(17-11)21-10-14(18)19-2)20-9-12-6-4-3-5-7-12/h3-8H,9-10H2,1-2H3. The number of hydrogen-bond acceptors (Lipinski definition) is 6. The quantitative estimate of drug-likeness (QED) is 0.756.